The number of carbonyl (C=O) groups is 1. The first-order valence-electron chi connectivity index (χ1n) is 6.64. The second kappa shape index (κ2) is 6.49. The number of carboxylic acids is 1. The van der Waals surface area contributed by atoms with Gasteiger partial charge in [-0.2, -0.15) is 17.0 Å². The van der Waals surface area contributed by atoms with E-state index in [1.165, 1.54) is 25.2 Å². The highest BCUT2D eigenvalue weighted by Crippen LogP contribution is 2.26. The normalized spacial score (nSPS) is 19.7. The summed E-state index contributed by atoms with van der Waals surface area (Å²) in [6.45, 7) is -0.134. The van der Waals surface area contributed by atoms with E-state index in [-0.39, 0.29) is 30.1 Å². The number of aliphatic carboxylic acids is 1. The zero-order chi connectivity index (χ0) is 16.5. The van der Waals surface area contributed by atoms with Crippen LogP contribution in [0.3, 0.4) is 0 Å². The number of carboxylic acid groups (broad SMARTS) is 1. The molecule has 1 unspecified atom stereocenters. The molecule has 2 rings (SSSR count). The van der Waals surface area contributed by atoms with E-state index >= 15 is 0 Å². The standard InChI is InChI=1S/C13H16ClFN2O4S/c1-16(8-9-10(14)4-2-5-11(9)15)22(20,21)17-7-3-6-12(17)13(18)19/h2,4-5,12H,3,6-8H2,1H3,(H,18,19). The summed E-state index contributed by atoms with van der Waals surface area (Å²) in [7, 11) is -2.73. The van der Waals surface area contributed by atoms with E-state index in [9.17, 15) is 17.6 Å². The van der Waals surface area contributed by atoms with Crippen molar-refractivity contribution in [2.45, 2.75) is 25.4 Å². The van der Waals surface area contributed by atoms with Gasteiger partial charge in [0.15, 0.2) is 0 Å². The van der Waals surface area contributed by atoms with Gasteiger partial charge in [-0.25, -0.2) is 4.39 Å². The third kappa shape index (κ3) is 3.24. The molecule has 1 heterocycles. The summed E-state index contributed by atoms with van der Waals surface area (Å²) in [6, 6.07) is 3.01. The predicted octanol–water partition coefficient (Wildman–Crippen LogP) is 1.70. The lowest BCUT2D eigenvalue weighted by molar-refractivity contribution is -0.140. The lowest BCUT2D eigenvalue weighted by Gasteiger charge is -2.27. The quantitative estimate of drug-likeness (QED) is 0.876. The van der Waals surface area contributed by atoms with Crippen molar-refractivity contribution in [3.05, 3.63) is 34.6 Å². The van der Waals surface area contributed by atoms with Crippen molar-refractivity contribution in [3.63, 3.8) is 0 Å². The lowest BCUT2D eigenvalue weighted by Crippen LogP contribution is -2.46. The highest BCUT2D eigenvalue weighted by Gasteiger charge is 2.40. The second-order valence-corrected chi connectivity index (χ2v) is 7.47. The molecule has 1 aromatic rings. The number of hydrogen-bond acceptors (Lipinski definition) is 3. The summed E-state index contributed by atoms with van der Waals surface area (Å²) in [4.78, 5) is 11.1. The minimum Gasteiger partial charge on any atom is -0.480 e. The first-order chi connectivity index (χ1) is 10.2. The minimum absolute atomic E-state index is 0.0568. The van der Waals surface area contributed by atoms with Crippen LogP contribution < -0.4 is 0 Å². The topological polar surface area (TPSA) is 77.9 Å². The van der Waals surface area contributed by atoms with Gasteiger partial charge in [-0.15, -0.1) is 0 Å². The van der Waals surface area contributed by atoms with Crippen LogP contribution in [0.2, 0.25) is 5.02 Å². The largest absolute Gasteiger partial charge is 0.480 e. The fourth-order valence-electron chi connectivity index (χ4n) is 2.43. The molecule has 1 aliphatic rings. The van der Waals surface area contributed by atoms with E-state index < -0.39 is 28.0 Å². The van der Waals surface area contributed by atoms with Crippen molar-refractivity contribution in [2.75, 3.05) is 13.6 Å². The number of rotatable bonds is 5. The first-order valence-corrected chi connectivity index (χ1v) is 8.41. The Balaban J connectivity index is 2.24. The number of halogens is 2. The van der Waals surface area contributed by atoms with Crippen molar-refractivity contribution in [2.24, 2.45) is 0 Å². The number of benzene rings is 1. The van der Waals surface area contributed by atoms with Crippen LogP contribution in [-0.2, 0) is 21.5 Å². The summed E-state index contributed by atoms with van der Waals surface area (Å²) in [5.41, 5.74) is 0.0568. The molecule has 0 saturated carbocycles. The van der Waals surface area contributed by atoms with Crippen molar-refractivity contribution < 1.29 is 22.7 Å². The molecule has 0 spiro atoms. The Kier molecular flexibility index (Phi) is 5.06. The Morgan fingerprint density at radius 2 is 2.23 bits per heavy atom. The van der Waals surface area contributed by atoms with Crippen molar-refractivity contribution in [3.8, 4) is 0 Å². The van der Waals surface area contributed by atoms with Crippen LogP contribution >= 0.6 is 11.6 Å². The molecule has 1 aromatic carbocycles. The predicted molar refractivity (Wildman–Crippen MR) is 79.2 cm³/mol. The van der Waals surface area contributed by atoms with E-state index in [0.29, 0.717) is 6.42 Å². The molecule has 1 aliphatic heterocycles. The van der Waals surface area contributed by atoms with Crippen LogP contribution in [0.15, 0.2) is 18.2 Å². The van der Waals surface area contributed by atoms with Gasteiger partial charge in [-0.1, -0.05) is 17.7 Å². The number of hydrogen-bond donors (Lipinski definition) is 1. The molecule has 0 amide bonds. The average Bonchev–Trinajstić information content (AvgIpc) is 2.93. The zero-order valence-electron chi connectivity index (χ0n) is 11.9. The fraction of sp³-hybridized carbons (Fsp3) is 0.462. The van der Waals surface area contributed by atoms with Crippen molar-refractivity contribution >= 4 is 27.8 Å². The van der Waals surface area contributed by atoms with E-state index in [1.54, 1.807) is 0 Å². The van der Waals surface area contributed by atoms with Gasteiger partial charge in [-0.3, -0.25) is 4.79 Å². The third-order valence-electron chi connectivity index (χ3n) is 3.62. The summed E-state index contributed by atoms with van der Waals surface area (Å²) >= 11 is 5.89. The molecule has 0 aliphatic carbocycles. The number of nitrogens with zero attached hydrogens (tertiary/aromatic N) is 2. The van der Waals surface area contributed by atoms with Gasteiger partial charge in [0, 0.05) is 30.7 Å². The Morgan fingerprint density at radius 1 is 1.55 bits per heavy atom. The summed E-state index contributed by atoms with van der Waals surface area (Å²) in [6.07, 6.45) is 0.743. The molecule has 1 saturated heterocycles. The SMILES string of the molecule is CN(Cc1c(F)cccc1Cl)S(=O)(=O)N1CCCC1C(=O)O. The van der Waals surface area contributed by atoms with Crippen molar-refractivity contribution in [1.29, 1.82) is 0 Å². The van der Waals surface area contributed by atoms with Gasteiger partial charge >= 0.3 is 5.97 Å². The van der Waals surface area contributed by atoms with Gasteiger partial charge in [0.2, 0.25) is 0 Å². The summed E-state index contributed by atoms with van der Waals surface area (Å²) in [5.74, 6) is -1.79. The van der Waals surface area contributed by atoms with Crippen LogP contribution in [0.4, 0.5) is 4.39 Å². The molecule has 122 valence electrons. The fourth-order valence-corrected chi connectivity index (χ4v) is 4.18. The molecular formula is C13H16ClFN2O4S. The molecule has 1 atom stereocenters. The van der Waals surface area contributed by atoms with Crippen LogP contribution in [0.5, 0.6) is 0 Å². The Morgan fingerprint density at radius 3 is 2.82 bits per heavy atom. The van der Waals surface area contributed by atoms with Crippen LogP contribution in [0, 0.1) is 5.82 Å². The molecule has 0 aromatic heterocycles. The van der Waals surface area contributed by atoms with Gasteiger partial charge in [0.1, 0.15) is 11.9 Å². The molecule has 9 heteroatoms. The Bertz CT molecular complexity index is 662. The van der Waals surface area contributed by atoms with E-state index in [4.69, 9.17) is 16.7 Å². The van der Waals surface area contributed by atoms with Crippen molar-refractivity contribution in [1.82, 2.24) is 8.61 Å². The van der Waals surface area contributed by atoms with Gasteiger partial charge in [0.25, 0.3) is 10.2 Å². The third-order valence-corrected chi connectivity index (χ3v) is 5.92. The maximum atomic E-state index is 13.8. The van der Waals surface area contributed by atoms with Gasteiger partial charge < -0.3 is 5.11 Å². The van der Waals surface area contributed by atoms with Crippen LogP contribution in [0.25, 0.3) is 0 Å². The second-order valence-electron chi connectivity index (χ2n) is 5.07. The molecule has 0 radical (unpaired) electrons. The smallest absolute Gasteiger partial charge is 0.322 e. The molecular weight excluding hydrogens is 335 g/mol. The van der Waals surface area contributed by atoms with E-state index in [1.807, 2.05) is 0 Å². The maximum absolute atomic E-state index is 13.8. The van der Waals surface area contributed by atoms with Gasteiger partial charge in [-0.05, 0) is 25.0 Å². The first kappa shape index (κ1) is 17.1. The molecule has 22 heavy (non-hydrogen) atoms. The minimum atomic E-state index is -4.00. The van der Waals surface area contributed by atoms with E-state index in [0.717, 1.165) is 8.61 Å². The Labute approximate surface area is 133 Å². The molecule has 6 nitrogen and oxygen atoms in total. The van der Waals surface area contributed by atoms with Crippen LogP contribution in [0.1, 0.15) is 18.4 Å². The maximum Gasteiger partial charge on any atom is 0.322 e. The molecule has 0 bridgehead atoms. The lowest BCUT2D eigenvalue weighted by atomic mass is 10.2. The highest BCUT2D eigenvalue weighted by atomic mass is 35.5. The Hall–Kier alpha value is -1.22. The summed E-state index contributed by atoms with van der Waals surface area (Å²) in [5, 5.41) is 9.22. The van der Waals surface area contributed by atoms with E-state index in [2.05, 4.69) is 0 Å². The molecule has 1 fully saturated rings. The highest BCUT2D eigenvalue weighted by molar-refractivity contribution is 7.86. The summed E-state index contributed by atoms with van der Waals surface area (Å²) < 4.78 is 40.6. The average molecular weight is 351 g/mol. The zero-order valence-corrected chi connectivity index (χ0v) is 13.4. The molecule has 1 N–H and O–H groups in total. The van der Waals surface area contributed by atoms with Crippen LogP contribution in [-0.4, -0.2) is 47.7 Å². The monoisotopic (exact) mass is 350 g/mol. The van der Waals surface area contributed by atoms with Gasteiger partial charge in [0.05, 0.1) is 0 Å².